The maximum atomic E-state index is 13.1. The number of hydrogen-bond donors (Lipinski definition) is 0. The van der Waals surface area contributed by atoms with Crippen molar-refractivity contribution in [3.63, 3.8) is 0 Å². The van der Waals surface area contributed by atoms with Crippen LogP contribution in [0.5, 0.6) is 0 Å². The molecule has 1 fully saturated rings. The van der Waals surface area contributed by atoms with E-state index in [1.165, 1.54) is 12.1 Å². The van der Waals surface area contributed by atoms with Crippen LogP contribution < -0.4 is 0 Å². The molecule has 1 aliphatic rings. The summed E-state index contributed by atoms with van der Waals surface area (Å²) in [5.74, 6) is -0.223. The number of hydrogen-bond acceptors (Lipinski definition) is 3. The van der Waals surface area contributed by atoms with Crippen molar-refractivity contribution in [1.82, 2.24) is 9.88 Å². The van der Waals surface area contributed by atoms with Crippen molar-refractivity contribution in [2.24, 2.45) is 0 Å². The summed E-state index contributed by atoms with van der Waals surface area (Å²) in [5, 5.41) is 1.03. The number of benzene rings is 2. The van der Waals surface area contributed by atoms with Crippen molar-refractivity contribution in [1.29, 1.82) is 0 Å². The third-order valence-corrected chi connectivity index (χ3v) is 4.72. The zero-order valence-electron chi connectivity index (χ0n) is 14.3. The molecule has 2 aromatic carbocycles. The number of amides is 1. The molecule has 0 N–H and O–H groups in total. The zero-order chi connectivity index (χ0) is 17.9. The van der Waals surface area contributed by atoms with Crippen LogP contribution in [0.1, 0.15) is 17.2 Å². The molecular weight excluding hydrogens is 331 g/mol. The highest BCUT2D eigenvalue weighted by Gasteiger charge is 2.25. The van der Waals surface area contributed by atoms with Crippen molar-refractivity contribution in [2.75, 3.05) is 19.7 Å². The molecule has 1 atom stereocenters. The highest BCUT2D eigenvalue weighted by Crippen LogP contribution is 2.24. The van der Waals surface area contributed by atoms with Crippen LogP contribution in [0.4, 0.5) is 4.39 Å². The second-order valence-electron chi connectivity index (χ2n) is 6.42. The van der Waals surface area contributed by atoms with Gasteiger partial charge in [0, 0.05) is 18.1 Å². The first-order valence-electron chi connectivity index (χ1n) is 8.68. The van der Waals surface area contributed by atoms with Gasteiger partial charge >= 0.3 is 0 Å². The molecule has 0 spiro atoms. The van der Waals surface area contributed by atoms with Crippen LogP contribution in [0.3, 0.4) is 0 Å². The summed E-state index contributed by atoms with van der Waals surface area (Å²) in [5.41, 5.74) is 2.68. The van der Waals surface area contributed by atoms with Crippen molar-refractivity contribution in [3.8, 4) is 0 Å². The molecule has 1 aliphatic heterocycles. The molecule has 0 bridgehead atoms. The van der Waals surface area contributed by atoms with Gasteiger partial charge in [0.25, 0.3) is 0 Å². The van der Waals surface area contributed by atoms with Crippen LogP contribution in [0.15, 0.2) is 60.8 Å². The molecule has 5 heteroatoms. The quantitative estimate of drug-likeness (QED) is 0.726. The molecule has 0 radical (unpaired) electrons. The summed E-state index contributed by atoms with van der Waals surface area (Å²) in [7, 11) is 0. The number of morpholine rings is 1. The lowest BCUT2D eigenvalue weighted by molar-refractivity contribution is -0.138. The Labute approximate surface area is 151 Å². The number of carbonyl (C=O) groups excluding carboxylic acids is 1. The molecule has 1 aromatic heterocycles. The Balaban J connectivity index is 1.50. The number of aromatic nitrogens is 1. The fraction of sp³-hybridized carbons (Fsp3) is 0.238. The molecule has 0 unspecified atom stereocenters. The number of carbonyl (C=O) groups is 1. The minimum absolute atomic E-state index is 0.0542. The Bertz CT molecular complexity index is 921. The number of nitrogens with zero attached hydrogens (tertiary/aromatic N) is 2. The van der Waals surface area contributed by atoms with Crippen LogP contribution in [-0.4, -0.2) is 35.5 Å². The molecule has 2 heterocycles. The van der Waals surface area contributed by atoms with Crippen LogP contribution in [0, 0.1) is 5.82 Å². The topological polar surface area (TPSA) is 42.4 Å². The van der Waals surface area contributed by atoms with Gasteiger partial charge in [-0.1, -0.05) is 36.4 Å². The zero-order valence-corrected chi connectivity index (χ0v) is 14.3. The van der Waals surface area contributed by atoms with Crippen LogP contribution >= 0.6 is 0 Å². The Hall–Kier alpha value is -2.79. The average Bonchev–Trinajstić information content (AvgIpc) is 2.69. The van der Waals surface area contributed by atoms with Gasteiger partial charge in [0.1, 0.15) is 11.9 Å². The van der Waals surface area contributed by atoms with E-state index >= 15 is 0 Å². The van der Waals surface area contributed by atoms with E-state index in [1.807, 2.05) is 35.2 Å². The predicted octanol–water partition coefficient (Wildman–Crippen LogP) is 3.52. The minimum atomic E-state index is -0.277. The molecule has 132 valence electrons. The smallest absolute Gasteiger partial charge is 0.227 e. The molecule has 0 aliphatic carbocycles. The summed E-state index contributed by atoms with van der Waals surface area (Å²) >= 11 is 0. The summed E-state index contributed by atoms with van der Waals surface area (Å²) in [6.45, 7) is 1.51. The Morgan fingerprint density at radius 2 is 1.96 bits per heavy atom. The number of pyridine rings is 1. The molecule has 4 rings (SSSR count). The van der Waals surface area contributed by atoms with Gasteiger partial charge in [-0.25, -0.2) is 4.39 Å². The summed E-state index contributed by atoms with van der Waals surface area (Å²) in [6.07, 6.45) is 1.83. The Kier molecular flexibility index (Phi) is 4.63. The second kappa shape index (κ2) is 7.22. The molecule has 26 heavy (non-hydrogen) atoms. The lowest BCUT2D eigenvalue weighted by atomic mass is 10.0. The fourth-order valence-corrected chi connectivity index (χ4v) is 3.34. The van der Waals surface area contributed by atoms with Gasteiger partial charge in [-0.15, -0.1) is 0 Å². The molecule has 4 nitrogen and oxygen atoms in total. The lowest BCUT2D eigenvalue weighted by Crippen LogP contribution is -2.43. The van der Waals surface area contributed by atoms with Crippen molar-refractivity contribution in [3.05, 3.63) is 77.7 Å². The third-order valence-electron chi connectivity index (χ3n) is 4.72. The first-order chi connectivity index (χ1) is 12.7. The summed E-state index contributed by atoms with van der Waals surface area (Å²) in [4.78, 5) is 19.1. The van der Waals surface area contributed by atoms with E-state index in [-0.39, 0.29) is 17.8 Å². The highest BCUT2D eigenvalue weighted by atomic mass is 19.1. The number of rotatable bonds is 3. The van der Waals surface area contributed by atoms with E-state index < -0.39 is 0 Å². The highest BCUT2D eigenvalue weighted by molar-refractivity contribution is 5.87. The number of ether oxygens (including phenoxy) is 1. The fourth-order valence-electron chi connectivity index (χ4n) is 3.34. The second-order valence-corrected chi connectivity index (χ2v) is 6.42. The number of halogens is 1. The molecule has 1 saturated heterocycles. The summed E-state index contributed by atoms with van der Waals surface area (Å²) in [6, 6.07) is 16.0. The van der Waals surface area contributed by atoms with Crippen LogP contribution in [0.2, 0.25) is 0 Å². The van der Waals surface area contributed by atoms with Crippen molar-refractivity contribution >= 4 is 16.8 Å². The summed E-state index contributed by atoms with van der Waals surface area (Å²) < 4.78 is 18.9. The van der Waals surface area contributed by atoms with E-state index in [2.05, 4.69) is 4.98 Å². The normalized spacial score (nSPS) is 17.4. The van der Waals surface area contributed by atoms with Crippen LogP contribution in [-0.2, 0) is 16.0 Å². The maximum Gasteiger partial charge on any atom is 0.227 e. The van der Waals surface area contributed by atoms with Crippen LogP contribution in [0.25, 0.3) is 10.9 Å². The largest absolute Gasteiger partial charge is 0.370 e. The van der Waals surface area contributed by atoms with Gasteiger partial charge in [-0.3, -0.25) is 9.78 Å². The molecule has 1 amide bonds. The standard InChI is InChI=1S/C21H19FN2O2/c22-18-8-6-15(7-9-18)19-14-24(11-12-26-19)20(25)13-17-4-1-3-16-5-2-10-23-21(16)17/h1-10,19H,11-14H2/t19-/m1/s1. The Morgan fingerprint density at radius 3 is 2.81 bits per heavy atom. The van der Waals surface area contributed by atoms with Crippen molar-refractivity contribution < 1.29 is 13.9 Å². The van der Waals surface area contributed by atoms with E-state index in [4.69, 9.17) is 4.74 Å². The number of fused-ring (bicyclic) bond motifs is 1. The van der Waals surface area contributed by atoms with Gasteiger partial charge in [0.2, 0.25) is 5.91 Å². The first kappa shape index (κ1) is 16.7. The predicted molar refractivity (Wildman–Crippen MR) is 97.1 cm³/mol. The van der Waals surface area contributed by atoms with Gasteiger partial charge in [-0.2, -0.15) is 0 Å². The van der Waals surface area contributed by atoms with E-state index in [9.17, 15) is 9.18 Å². The van der Waals surface area contributed by atoms with E-state index in [1.54, 1.807) is 18.3 Å². The first-order valence-corrected chi connectivity index (χ1v) is 8.68. The van der Waals surface area contributed by atoms with E-state index in [0.717, 1.165) is 22.0 Å². The van der Waals surface area contributed by atoms with Gasteiger partial charge < -0.3 is 9.64 Å². The molecule has 0 saturated carbocycles. The van der Waals surface area contributed by atoms with Crippen molar-refractivity contribution in [2.45, 2.75) is 12.5 Å². The molecule has 3 aromatic rings. The maximum absolute atomic E-state index is 13.1. The molecular formula is C21H19FN2O2. The third kappa shape index (κ3) is 3.44. The Morgan fingerprint density at radius 1 is 1.15 bits per heavy atom. The van der Waals surface area contributed by atoms with Gasteiger partial charge in [-0.05, 0) is 29.3 Å². The van der Waals surface area contributed by atoms with Gasteiger partial charge in [0.15, 0.2) is 0 Å². The minimum Gasteiger partial charge on any atom is -0.370 e. The van der Waals surface area contributed by atoms with E-state index in [0.29, 0.717) is 26.1 Å². The van der Waals surface area contributed by atoms with Gasteiger partial charge in [0.05, 0.1) is 25.1 Å². The number of para-hydroxylation sites is 1. The average molecular weight is 350 g/mol. The SMILES string of the molecule is O=C(Cc1cccc2cccnc12)N1CCO[C@@H](c2ccc(F)cc2)C1. The lowest BCUT2D eigenvalue weighted by Gasteiger charge is -2.33. The monoisotopic (exact) mass is 350 g/mol.